The van der Waals surface area contributed by atoms with Gasteiger partial charge in [0.15, 0.2) is 0 Å². The van der Waals surface area contributed by atoms with Crippen LogP contribution in [0.3, 0.4) is 0 Å². The van der Waals surface area contributed by atoms with Crippen molar-refractivity contribution >= 4 is 11.8 Å². The monoisotopic (exact) mass is 285 g/mol. The van der Waals surface area contributed by atoms with Gasteiger partial charge in [0.1, 0.15) is 11.9 Å². The first-order chi connectivity index (χ1) is 9.15. The van der Waals surface area contributed by atoms with E-state index < -0.39 is 0 Å². The summed E-state index contributed by atoms with van der Waals surface area (Å²) in [7, 11) is 2.07. The van der Waals surface area contributed by atoms with E-state index in [1.165, 1.54) is 17.7 Å². The maximum Gasteiger partial charge on any atom is 0.113 e. The fourth-order valence-corrected chi connectivity index (χ4v) is 4.09. The van der Waals surface area contributed by atoms with Gasteiger partial charge in [-0.15, -0.1) is 11.8 Å². The largest absolute Gasteiger partial charge is 0.493 e. The zero-order chi connectivity index (χ0) is 13.8. The highest BCUT2D eigenvalue weighted by atomic mass is 32.2. The highest BCUT2D eigenvalue weighted by Crippen LogP contribution is 2.39. The lowest BCUT2D eigenvalue weighted by molar-refractivity contribution is 0.0650. The molecular weight excluding hydrogens is 258 g/mol. The summed E-state index contributed by atoms with van der Waals surface area (Å²) in [6.45, 7) is 6.09. The van der Waals surface area contributed by atoms with Crippen molar-refractivity contribution in [3.63, 3.8) is 0 Å². The molecule has 0 aromatic rings. The molecule has 0 bridgehead atoms. The van der Waals surface area contributed by atoms with E-state index in [9.17, 15) is 5.11 Å². The van der Waals surface area contributed by atoms with Crippen LogP contribution in [0.1, 0.15) is 39.5 Å². The van der Waals surface area contributed by atoms with Crippen LogP contribution in [-0.2, 0) is 4.74 Å². The molecule has 3 atom stereocenters. The number of unbranched alkanes of at least 4 members (excludes halogenated alkanes) is 1. The number of likely N-dealkylation sites (N-methyl/N-ethyl adjacent to an activating group) is 1. The molecule has 3 unspecified atom stereocenters. The number of hydrogen-bond acceptors (Lipinski definition) is 4. The lowest BCUT2D eigenvalue weighted by Gasteiger charge is -2.31. The number of rotatable bonds is 5. The second-order valence-electron chi connectivity index (χ2n) is 5.73. The summed E-state index contributed by atoms with van der Waals surface area (Å²) in [6, 6.07) is 0. The minimum Gasteiger partial charge on any atom is -0.493 e. The van der Waals surface area contributed by atoms with E-state index >= 15 is 0 Å². The van der Waals surface area contributed by atoms with Crippen LogP contribution in [0.25, 0.3) is 0 Å². The third-order valence-corrected chi connectivity index (χ3v) is 5.40. The van der Waals surface area contributed by atoms with Crippen LogP contribution in [0, 0.1) is 5.92 Å². The zero-order valence-corrected chi connectivity index (χ0v) is 13.2. The Morgan fingerprint density at radius 1 is 1.37 bits per heavy atom. The Morgan fingerprint density at radius 2 is 2.16 bits per heavy atom. The average molecular weight is 285 g/mol. The summed E-state index contributed by atoms with van der Waals surface area (Å²) in [4.78, 5) is 3.55. The molecule has 0 radical (unpaired) electrons. The first kappa shape index (κ1) is 15.2. The molecule has 1 N–H and O–H groups in total. The lowest BCUT2D eigenvalue weighted by atomic mass is 10.0. The van der Waals surface area contributed by atoms with Gasteiger partial charge < -0.3 is 14.7 Å². The molecule has 2 aliphatic rings. The summed E-state index contributed by atoms with van der Waals surface area (Å²) < 4.78 is 6.27. The molecule has 1 fully saturated rings. The SMILES string of the molecule is CCCCC1CSC(CC)=C(C2CN(C)CC2O)O1. The summed E-state index contributed by atoms with van der Waals surface area (Å²) in [5.41, 5.74) is 0. The van der Waals surface area contributed by atoms with Gasteiger partial charge in [0.2, 0.25) is 0 Å². The molecule has 2 heterocycles. The van der Waals surface area contributed by atoms with Crippen molar-refractivity contribution in [3.05, 3.63) is 10.7 Å². The zero-order valence-electron chi connectivity index (χ0n) is 12.4. The maximum absolute atomic E-state index is 10.2. The van der Waals surface area contributed by atoms with Crippen molar-refractivity contribution in [3.8, 4) is 0 Å². The van der Waals surface area contributed by atoms with Crippen molar-refractivity contribution in [1.82, 2.24) is 4.90 Å². The third kappa shape index (κ3) is 3.67. The molecular formula is C15H27NO2S. The van der Waals surface area contributed by atoms with Crippen LogP contribution in [0.5, 0.6) is 0 Å². The summed E-state index contributed by atoms with van der Waals surface area (Å²) in [5.74, 6) is 2.35. The van der Waals surface area contributed by atoms with Gasteiger partial charge in [-0.05, 0) is 19.9 Å². The third-order valence-electron chi connectivity index (χ3n) is 4.02. The number of thioether (sulfide) groups is 1. The average Bonchev–Trinajstić information content (AvgIpc) is 2.75. The van der Waals surface area contributed by atoms with Crippen LogP contribution in [0.4, 0.5) is 0 Å². The quantitative estimate of drug-likeness (QED) is 0.842. The van der Waals surface area contributed by atoms with Gasteiger partial charge in [0.25, 0.3) is 0 Å². The molecule has 0 spiro atoms. The predicted octanol–water partition coefficient (Wildman–Crippen LogP) is 2.85. The van der Waals surface area contributed by atoms with Crippen LogP contribution in [0.2, 0.25) is 0 Å². The molecule has 3 nitrogen and oxygen atoms in total. The van der Waals surface area contributed by atoms with Gasteiger partial charge in [-0.3, -0.25) is 0 Å². The highest BCUT2D eigenvalue weighted by Gasteiger charge is 2.37. The maximum atomic E-state index is 10.2. The van der Waals surface area contributed by atoms with Gasteiger partial charge in [0, 0.05) is 23.7 Å². The van der Waals surface area contributed by atoms with E-state index in [1.54, 1.807) is 0 Å². The molecule has 0 aliphatic carbocycles. The molecule has 0 saturated carbocycles. The molecule has 1 saturated heterocycles. The van der Waals surface area contributed by atoms with Crippen molar-refractivity contribution < 1.29 is 9.84 Å². The molecule has 0 aromatic heterocycles. The van der Waals surface area contributed by atoms with E-state index in [1.807, 2.05) is 11.8 Å². The molecule has 2 rings (SSSR count). The molecule has 4 heteroatoms. The van der Waals surface area contributed by atoms with Crippen molar-refractivity contribution in [2.45, 2.75) is 51.7 Å². The first-order valence-electron chi connectivity index (χ1n) is 7.54. The summed E-state index contributed by atoms with van der Waals surface area (Å²) in [6.07, 6.45) is 4.68. The number of β-amino-alcohol motifs (C(OH)–C–C–N with tert-alkyl or cyclic N) is 1. The number of aliphatic hydroxyl groups is 1. The predicted molar refractivity (Wildman–Crippen MR) is 81.2 cm³/mol. The second kappa shape index (κ2) is 7.00. The van der Waals surface area contributed by atoms with Gasteiger partial charge in [0.05, 0.1) is 12.0 Å². The Balaban J connectivity index is 2.07. The van der Waals surface area contributed by atoms with Gasteiger partial charge in [-0.25, -0.2) is 0 Å². The number of likely N-dealkylation sites (tertiary alicyclic amines) is 1. The van der Waals surface area contributed by atoms with Gasteiger partial charge in [-0.1, -0.05) is 26.7 Å². The normalized spacial score (nSPS) is 32.7. The number of allylic oxidation sites excluding steroid dienone is 1. The lowest BCUT2D eigenvalue weighted by Crippen LogP contribution is -2.29. The molecule has 0 amide bonds. The number of hydrogen-bond donors (Lipinski definition) is 1. The van der Waals surface area contributed by atoms with E-state index in [2.05, 4.69) is 25.8 Å². The fourth-order valence-electron chi connectivity index (χ4n) is 2.92. The number of nitrogens with zero attached hydrogens (tertiary/aromatic N) is 1. The topological polar surface area (TPSA) is 32.7 Å². The highest BCUT2D eigenvalue weighted by molar-refractivity contribution is 8.03. The van der Waals surface area contributed by atoms with Crippen LogP contribution >= 0.6 is 11.8 Å². The van der Waals surface area contributed by atoms with Crippen molar-refractivity contribution in [2.75, 3.05) is 25.9 Å². The fraction of sp³-hybridized carbons (Fsp3) is 0.867. The van der Waals surface area contributed by atoms with E-state index in [-0.39, 0.29) is 12.0 Å². The van der Waals surface area contributed by atoms with E-state index in [4.69, 9.17) is 4.74 Å². The minimum atomic E-state index is -0.271. The Hall–Kier alpha value is -0.190. The molecule has 0 aromatic carbocycles. The van der Waals surface area contributed by atoms with Crippen LogP contribution < -0.4 is 0 Å². The molecule has 19 heavy (non-hydrogen) atoms. The summed E-state index contributed by atoms with van der Waals surface area (Å²) in [5, 5.41) is 10.2. The van der Waals surface area contributed by atoms with Crippen molar-refractivity contribution in [1.29, 1.82) is 0 Å². The van der Waals surface area contributed by atoms with Gasteiger partial charge >= 0.3 is 0 Å². The first-order valence-corrected chi connectivity index (χ1v) is 8.53. The number of ether oxygens (including phenoxy) is 1. The second-order valence-corrected chi connectivity index (χ2v) is 6.84. The van der Waals surface area contributed by atoms with E-state index in [0.29, 0.717) is 6.10 Å². The van der Waals surface area contributed by atoms with Gasteiger partial charge in [-0.2, -0.15) is 0 Å². The Morgan fingerprint density at radius 3 is 2.74 bits per heavy atom. The minimum absolute atomic E-state index is 0.178. The number of aliphatic hydroxyl groups excluding tert-OH is 1. The Labute approximate surface area is 121 Å². The van der Waals surface area contributed by atoms with Crippen LogP contribution in [0.15, 0.2) is 10.7 Å². The molecule has 2 aliphatic heterocycles. The van der Waals surface area contributed by atoms with Crippen molar-refractivity contribution in [2.24, 2.45) is 5.92 Å². The Bertz CT molecular complexity index is 332. The summed E-state index contributed by atoms with van der Waals surface area (Å²) >= 11 is 1.94. The van der Waals surface area contributed by atoms with Crippen LogP contribution in [-0.4, -0.2) is 48.1 Å². The van der Waals surface area contributed by atoms with E-state index in [0.717, 1.165) is 37.4 Å². The standard InChI is InChI=1S/C15H27NO2S/c1-4-6-7-11-10-19-14(5-2)15(18-11)12-8-16(3)9-13(12)17/h11-13,17H,4-10H2,1-3H3. The smallest absolute Gasteiger partial charge is 0.113 e. The Kier molecular flexibility index (Phi) is 5.60. The molecule has 110 valence electrons.